The Hall–Kier alpha value is -3.14. The molecule has 8 nitrogen and oxygen atoms in total. The van der Waals surface area contributed by atoms with Crippen molar-refractivity contribution in [2.45, 2.75) is 50.9 Å². The highest BCUT2D eigenvalue weighted by atomic mass is 16.7. The molecule has 0 spiro atoms. The van der Waals surface area contributed by atoms with Gasteiger partial charge in [0.1, 0.15) is 0 Å². The van der Waals surface area contributed by atoms with Crippen LogP contribution in [0.5, 0.6) is 0 Å². The second kappa shape index (κ2) is 12.1. The van der Waals surface area contributed by atoms with E-state index in [0.717, 1.165) is 36.1 Å². The van der Waals surface area contributed by atoms with Crippen molar-refractivity contribution in [3.63, 3.8) is 0 Å². The molecule has 8 heteroatoms. The molecule has 0 unspecified atom stereocenters. The summed E-state index contributed by atoms with van der Waals surface area (Å²) >= 11 is 0. The number of aliphatic hydroxyl groups is 2. The molecule has 3 N–H and O–H groups in total. The molecule has 38 heavy (non-hydrogen) atoms. The van der Waals surface area contributed by atoms with E-state index in [-0.39, 0.29) is 43.3 Å². The second-order valence-corrected chi connectivity index (χ2v) is 10.1. The van der Waals surface area contributed by atoms with Gasteiger partial charge in [0.15, 0.2) is 6.29 Å². The van der Waals surface area contributed by atoms with E-state index in [0.29, 0.717) is 17.8 Å². The number of carbonyl (C=O) groups is 1. The summed E-state index contributed by atoms with van der Waals surface area (Å²) in [7, 11) is 0. The highest BCUT2D eigenvalue weighted by Gasteiger charge is 2.40. The Bertz CT molecular complexity index is 1210. The number of ether oxygens (including phenoxy) is 2. The number of likely N-dealkylation sites (tertiary alicyclic amines) is 1. The summed E-state index contributed by atoms with van der Waals surface area (Å²) in [4.78, 5) is 19.0. The standard InChI is InChI=1S/C30H35N3O5/c1-20-27(17-33-14-4-8-26(33)19-35)37-30(38-28(20)22-11-9-21(18-34)10-12-22)23-5-2-7-25(15-23)32-29(36)24-6-3-13-31-16-24/h2-3,5-7,9-13,15-16,20,26-28,30,34-35H,4,8,14,17-19H2,1H3,(H,32,36)/t20-,26-,27+,28+,30+/m0/s1. The van der Waals surface area contributed by atoms with Crippen molar-refractivity contribution in [3.8, 4) is 0 Å². The number of rotatable bonds is 8. The normalized spacial score (nSPS) is 25.8. The molecule has 5 atom stereocenters. The van der Waals surface area contributed by atoms with Crippen LogP contribution in [0.15, 0.2) is 73.1 Å². The van der Waals surface area contributed by atoms with Crippen molar-refractivity contribution >= 4 is 11.6 Å². The topological polar surface area (TPSA) is 104 Å². The monoisotopic (exact) mass is 517 g/mol. The van der Waals surface area contributed by atoms with Gasteiger partial charge < -0.3 is 25.0 Å². The molecule has 5 rings (SSSR count). The van der Waals surface area contributed by atoms with Crippen LogP contribution in [0.4, 0.5) is 5.69 Å². The molecule has 0 bridgehead atoms. The highest BCUT2D eigenvalue weighted by molar-refractivity contribution is 6.04. The van der Waals surface area contributed by atoms with Crippen molar-refractivity contribution in [1.29, 1.82) is 0 Å². The lowest BCUT2D eigenvalue weighted by atomic mass is 9.90. The SMILES string of the molecule is C[C@H]1[C@@H](CN2CCC[C@H]2CO)O[C@@H](c2cccc(NC(=O)c3cccnc3)c2)O[C@H]1c1ccc(CO)cc1. The Labute approximate surface area is 223 Å². The Morgan fingerprint density at radius 1 is 1.08 bits per heavy atom. The Balaban J connectivity index is 1.39. The zero-order chi connectivity index (χ0) is 26.5. The zero-order valence-electron chi connectivity index (χ0n) is 21.6. The zero-order valence-corrected chi connectivity index (χ0v) is 21.6. The maximum Gasteiger partial charge on any atom is 0.257 e. The molecule has 1 amide bonds. The molecule has 2 fully saturated rings. The van der Waals surface area contributed by atoms with Gasteiger partial charge in [0.2, 0.25) is 0 Å². The smallest absolute Gasteiger partial charge is 0.257 e. The van der Waals surface area contributed by atoms with E-state index in [4.69, 9.17) is 9.47 Å². The molecular formula is C30H35N3O5. The summed E-state index contributed by atoms with van der Waals surface area (Å²) in [5, 5.41) is 22.3. The van der Waals surface area contributed by atoms with Gasteiger partial charge in [0, 0.05) is 42.1 Å². The fourth-order valence-electron chi connectivity index (χ4n) is 5.36. The summed E-state index contributed by atoms with van der Waals surface area (Å²) in [6.45, 7) is 3.92. The first kappa shape index (κ1) is 26.5. The molecule has 2 aliphatic rings. The minimum atomic E-state index is -0.635. The van der Waals surface area contributed by atoms with Gasteiger partial charge in [-0.2, -0.15) is 0 Å². The number of aliphatic hydroxyl groups excluding tert-OH is 2. The lowest BCUT2D eigenvalue weighted by molar-refractivity contribution is -0.276. The summed E-state index contributed by atoms with van der Waals surface area (Å²) in [6, 6.07) is 19.0. The Kier molecular flexibility index (Phi) is 8.46. The molecule has 1 aromatic heterocycles. The van der Waals surface area contributed by atoms with E-state index >= 15 is 0 Å². The minimum Gasteiger partial charge on any atom is -0.395 e. The summed E-state index contributed by atoms with van der Waals surface area (Å²) in [6.07, 6.45) is 4.23. The number of benzene rings is 2. The number of nitrogens with zero attached hydrogens (tertiary/aromatic N) is 2. The van der Waals surface area contributed by atoms with Gasteiger partial charge in [0.25, 0.3) is 5.91 Å². The average Bonchev–Trinajstić information content (AvgIpc) is 3.42. The third kappa shape index (κ3) is 5.95. The molecular weight excluding hydrogens is 482 g/mol. The van der Waals surface area contributed by atoms with Crippen molar-refractivity contribution in [1.82, 2.24) is 9.88 Å². The second-order valence-electron chi connectivity index (χ2n) is 10.1. The van der Waals surface area contributed by atoms with Crippen LogP contribution in [0.3, 0.4) is 0 Å². The first-order valence-corrected chi connectivity index (χ1v) is 13.2. The van der Waals surface area contributed by atoms with E-state index in [9.17, 15) is 15.0 Å². The van der Waals surface area contributed by atoms with Gasteiger partial charge >= 0.3 is 0 Å². The van der Waals surface area contributed by atoms with Gasteiger partial charge in [-0.3, -0.25) is 14.7 Å². The Morgan fingerprint density at radius 2 is 1.92 bits per heavy atom. The lowest BCUT2D eigenvalue weighted by Gasteiger charge is -2.43. The molecule has 2 aliphatic heterocycles. The first-order valence-electron chi connectivity index (χ1n) is 13.2. The third-order valence-electron chi connectivity index (χ3n) is 7.59. The molecule has 0 aliphatic carbocycles. The summed E-state index contributed by atoms with van der Waals surface area (Å²) < 4.78 is 13.1. The quantitative estimate of drug-likeness (QED) is 0.414. The first-order chi connectivity index (χ1) is 18.6. The van der Waals surface area contributed by atoms with Gasteiger partial charge in [-0.05, 0) is 54.8 Å². The molecule has 2 saturated heterocycles. The highest BCUT2D eigenvalue weighted by Crippen LogP contribution is 2.42. The number of hydrogen-bond donors (Lipinski definition) is 3. The van der Waals surface area contributed by atoms with Gasteiger partial charge in [-0.1, -0.05) is 43.3 Å². The van der Waals surface area contributed by atoms with Crippen LogP contribution in [0, 0.1) is 5.92 Å². The number of hydrogen-bond acceptors (Lipinski definition) is 7. The average molecular weight is 518 g/mol. The lowest BCUT2D eigenvalue weighted by Crippen LogP contribution is -2.46. The van der Waals surface area contributed by atoms with Gasteiger partial charge in [0.05, 0.1) is 31.0 Å². The van der Waals surface area contributed by atoms with E-state index in [1.165, 1.54) is 6.20 Å². The van der Waals surface area contributed by atoms with E-state index in [1.807, 2.05) is 48.5 Å². The molecule has 3 heterocycles. The van der Waals surface area contributed by atoms with Crippen LogP contribution in [-0.2, 0) is 16.1 Å². The number of amides is 1. The number of anilines is 1. The van der Waals surface area contributed by atoms with E-state index in [2.05, 4.69) is 22.1 Å². The van der Waals surface area contributed by atoms with E-state index in [1.54, 1.807) is 18.3 Å². The molecule has 0 saturated carbocycles. The Morgan fingerprint density at radius 3 is 2.66 bits per heavy atom. The third-order valence-corrected chi connectivity index (χ3v) is 7.59. The van der Waals surface area contributed by atoms with Crippen molar-refractivity contribution in [2.75, 3.05) is 25.0 Å². The fourth-order valence-corrected chi connectivity index (χ4v) is 5.36. The molecule has 2 aromatic carbocycles. The fraction of sp³-hybridized carbons (Fsp3) is 0.400. The van der Waals surface area contributed by atoms with Crippen LogP contribution in [0.25, 0.3) is 0 Å². The number of aromatic nitrogens is 1. The van der Waals surface area contributed by atoms with Crippen LogP contribution in [-0.4, -0.2) is 57.8 Å². The van der Waals surface area contributed by atoms with Crippen LogP contribution < -0.4 is 5.32 Å². The largest absolute Gasteiger partial charge is 0.395 e. The molecule has 0 radical (unpaired) electrons. The minimum absolute atomic E-state index is 0.00914. The summed E-state index contributed by atoms with van der Waals surface area (Å²) in [5.41, 5.74) is 3.80. The number of nitrogens with one attached hydrogen (secondary N) is 1. The van der Waals surface area contributed by atoms with E-state index < -0.39 is 6.29 Å². The molecule has 200 valence electrons. The van der Waals surface area contributed by atoms with Gasteiger partial charge in [-0.25, -0.2) is 0 Å². The predicted molar refractivity (Wildman–Crippen MR) is 143 cm³/mol. The van der Waals surface area contributed by atoms with Crippen molar-refractivity contribution in [3.05, 3.63) is 95.3 Å². The van der Waals surface area contributed by atoms with Crippen molar-refractivity contribution < 1.29 is 24.5 Å². The molecule has 3 aromatic rings. The van der Waals surface area contributed by atoms with Crippen LogP contribution >= 0.6 is 0 Å². The predicted octanol–water partition coefficient (Wildman–Crippen LogP) is 4.07. The van der Waals surface area contributed by atoms with Crippen molar-refractivity contribution in [2.24, 2.45) is 5.92 Å². The summed E-state index contributed by atoms with van der Waals surface area (Å²) in [5.74, 6) is -0.183. The number of pyridine rings is 1. The van der Waals surface area contributed by atoms with Crippen LogP contribution in [0.2, 0.25) is 0 Å². The van der Waals surface area contributed by atoms with Crippen LogP contribution in [0.1, 0.15) is 59.2 Å². The van der Waals surface area contributed by atoms with Gasteiger partial charge in [-0.15, -0.1) is 0 Å². The maximum absolute atomic E-state index is 12.7. The number of carbonyl (C=O) groups excluding carboxylic acids is 1. The maximum atomic E-state index is 12.7.